The lowest BCUT2D eigenvalue weighted by atomic mass is 9.84. The highest BCUT2D eigenvalue weighted by Crippen LogP contribution is 2.29. The van der Waals surface area contributed by atoms with Crippen LogP contribution in [0.25, 0.3) is 0 Å². The molecule has 19 heavy (non-hydrogen) atoms. The van der Waals surface area contributed by atoms with Gasteiger partial charge >= 0.3 is 0 Å². The third-order valence-electron chi connectivity index (χ3n) is 4.13. The van der Waals surface area contributed by atoms with Crippen LogP contribution in [-0.2, 0) is 11.3 Å². The molecule has 2 aliphatic heterocycles. The zero-order chi connectivity index (χ0) is 13.2. The molecule has 3 rings (SSSR count). The fourth-order valence-corrected chi connectivity index (χ4v) is 3.20. The molecule has 0 aliphatic carbocycles. The maximum atomic E-state index is 13.2. The maximum Gasteiger partial charge on any atom is 0.223 e. The number of nitrogens with one attached hydrogen (secondary N) is 1. The summed E-state index contributed by atoms with van der Waals surface area (Å²) in [5, 5.41) is 3.38. The van der Waals surface area contributed by atoms with Crippen molar-refractivity contribution >= 4 is 5.91 Å². The quantitative estimate of drug-likeness (QED) is 0.875. The Hall–Kier alpha value is -1.49. The van der Waals surface area contributed by atoms with Crippen molar-refractivity contribution in [1.29, 1.82) is 0 Å². The third kappa shape index (κ3) is 2.61. The van der Waals surface area contributed by atoms with Crippen molar-refractivity contribution in [2.45, 2.75) is 31.8 Å². The van der Waals surface area contributed by atoms with Gasteiger partial charge in [-0.05, 0) is 43.5 Å². The molecular weight excluding hydrogens is 245 g/mol. The number of fused-ring (bicyclic) bond motifs is 1. The second kappa shape index (κ2) is 5.25. The van der Waals surface area contributed by atoms with E-state index in [1.165, 1.54) is 12.3 Å². The number of aromatic nitrogens is 1. The maximum absolute atomic E-state index is 13.2. The Morgan fingerprint density at radius 2 is 2.32 bits per heavy atom. The summed E-state index contributed by atoms with van der Waals surface area (Å²) in [7, 11) is 0. The standard InChI is InChI=1S/C14H18FN3O/c15-12-5-10(6-17-8-12)9-18-13-3-4-16-7-11(13)1-2-14(18)19/h5-6,8,11,13,16H,1-4,7,9H2. The van der Waals surface area contributed by atoms with E-state index in [0.29, 0.717) is 24.9 Å². The van der Waals surface area contributed by atoms with E-state index in [0.717, 1.165) is 31.5 Å². The van der Waals surface area contributed by atoms with Gasteiger partial charge in [-0.2, -0.15) is 0 Å². The number of halogens is 1. The molecule has 2 saturated heterocycles. The Bertz CT molecular complexity index is 480. The largest absolute Gasteiger partial charge is 0.335 e. The number of nitrogens with zero attached hydrogens (tertiary/aromatic N) is 2. The van der Waals surface area contributed by atoms with Crippen LogP contribution in [-0.4, -0.2) is 34.9 Å². The average Bonchev–Trinajstić information content (AvgIpc) is 2.42. The molecule has 0 radical (unpaired) electrons. The van der Waals surface area contributed by atoms with Gasteiger partial charge in [-0.1, -0.05) is 0 Å². The van der Waals surface area contributed by atoms with Crippen molar-refractivity contribution < 1.29 is 9.18 Å². The predicted molar refractivity (Wildman–Crippen MR) is 68.7 cm³/mol. The SMILES string of the molecule is O=C1CCC2CNCCC2N1Cc1cncc(F)c1. The molecule has 1 N–H and O–H groups in total. The van der Waals surface area contributed by atoms with E-state index >= 15 is 0 Å². The molecule has 2 unspecified atom stereocenters. The number of hydrogen-bond acceptors (Lipinski definition) is 3. The van der Waals surface area contributed by atoms with E-state index in [1.807, 2.05) is 4.90 Å². The van der Waals surface area contributed by atoms with Crippen LogP contribution in [0.1, 0.15) is 24.8 Å². The third-order valence-corrected chi connectivity index (χ3v) is 4.13. The Balaban J connectivity index is 1.78. The smallest absolute Gasteiger partial charge is 0.223 e. The molecule has 5 heteroatoms. The van der Waals surface area contributed by atoms with Crippen molar-refractivity contribution in [3.05, 3.63) is 29.8 Å². The molecule has 102 valence electrons. The number of carbonyl (C=O) groups is 1. The molecule has 3 heterocycles. The molecule has 4 nitrogen and oxygen atoms in total. The molecule has 2 fully saturated rings. The van der Waals surface area contributed by atoms with Crippen LogP contribution >= 0.6 is 0 Å². The van der Waals surface area contributed by atoms with Gasteiger partial charge < -0.3 is 10.2 Å². The molecule has 1 amide bonds. The second-order valence-corrected chi connectivity index (χ2v) is 5.39. The lowest BCUT2D eigenvalue weighted by Gasteiger charge is -2.44. The van der Waals surface area contributed by atoms with Gasteiger partial charge in [-0.25, -0.2) is 4.39 Å². The summed E-state index contributed by atoms with van der Waals surface area (Å²) in [4.78, 5) is 17.9. The number of likely N-dealkylation sites (tertiary alicyclic amines) is 1. The topological polar surface area (TPSA) is 45.2 Å². The Kier molecular flexibility index (Phi) is 3.46. The van der Waals surface area contributed by atoms with Gasteiger partial charge in [-0.15, -0.1) is 0 Å². The van der Waals surface area contributed by atoms with Crippen LogP contribution in [0.4, 0.5) is 4.39 Å². The lowest BCUT2D eigenvalue weighted by Crippen LogP contribution is -2.54. The minimum atomic E-state index is -0.344. The highest BCUT2D eigenvalue weighted by atomic mass is 19.1. The lowest BCUT2D eigenvalue weighted by molar-refractivity contribution is -0.140. The number of piperidine rings is 2. The second-order valence-electron chi connectivity index (χ2n) is 5.39. The van der Waals surface area contributed by atoms with Crippen molar-refractivity contribution in [2.24, 2.45) is 5.92 Å². The van der Waals surface area contributed by atoms with E-state index in [-0.39, 0.29) is 11.7 Å². The number of amides is 1. The minimum Gasteiger partial charge on any atom is -0.335 e. The van der Waals surface area contributed by atoms with Gasteiger partial charge in [0.2, 0.25) is 5.91 Å². The molecule has 0 bridgehead atoms. The first kappa shape index (κ1) is 12.5. The highest BCUT2D eigenvalue weighted by Gasteiger charge is 2.36. The van der Waals surface area contributed by atoms with Crippen molar-refractivity contribution in [1.82, 2.24) is 15.2 Å². The normalized spacial score (nSPS) is 27.2. The highest BCUT2D eigenvalue weighted by molar-refractivity contribution is 5.77. The van der Waals surface area contributed by atoms with E-state index in [2.05, 4.69) is 10.3 Å². The first-order chi connectivity index (χ1) is 9.24. The number of hydrogen-bond donors (Lipinski definition) is 1. The van der Waals surface area contributed by atoms with Crippen LogP contribution in [0, 0.1) is 11.7 Å². The fourth-order valence-electron chi connectivity index (χ4n) is 3.20. The summed E-state index contributed by atoms with van der Waals surface area (Å²) in [5.74, 6) is 0.379. The summed E-state index contributed by atoms with van der Waals surface area (Å²) < 4.78 is 13.2. The molecule has 2 aliphatic rings. The van der Waals surface area contributed by atoms with Gasteiger partial charge in [0.15, 0.2) is 0 Å². The van der Waals surface area contributed by atoms with Crippen molar-refractivity contribution in [3.8, 4) is 0 Å². The predicted octanol–water partition coefficient (Wildman–Crippen LogP) is 1.32. The number of pyridine rings is 1. The Morgan fingerprint density at radius 1 is 1.42 bits per heavy atom. The van der Waals surface area contributed by atoms with Crippen LogP contribution in [0.15, 0.2) is 18.5 Å². The summed E-state index contributed by atoms with van der Waals surface area (Å²) in [6.07, 6.45) is 5.38. The fraction of sp³-hybridized carbons (Fsp3) is 0.571. The zero-order valence-corrected chi connectivity index (χ0v) is 10.8. The molecule has 0 aromatic carbocycles. The molecular formula is C14H18FN3O. The minimum absolute atomic E-state index is 0.187. The van der Waals surface area contributed by atoms with E-state index in [1.54, 1.807) is 6.20 Å². The van der Waals surface area contributed by atoms with E-state index < -0.39 is 0 Å². The van der Waals surface area contributed by atoms with Gasteiger partial charge in [0.25, 0.3) is 0 Å². The summed E-state index contributed by atoms with van der Waals surface area (Å²) in [6.45, 7) is 2.41. The van der Waals surface area contributed by atoms with Crippen LogP contribution in [0.3, 0.4) is 0 Å². The zero-order valence-electron chi connectivity index (χ0n) is 10.8. The Labute approximate surface area is 112 Å². The average molecular weight is 263 g/mol. The van der Waals surface area contributed by atoms with Crippen LogP contribution in [0.5, 0.6) is 0 Å². The van der Waals surface area contributed by atoms with E-state index in [9.17, 15) is 9.18 Å². The van der Waals surface area contributed by atoms with Crippen LogP contribution in [0.2, 0.25) is 0 Å². The molecule has 1 aromatic rings. The number of carbonyl (C=O) groups excluding carboxylic acids is 1. The van der Waals surface area contributed by atoms with Crippen molar-refractivity contribution in [3.63, 3.8) is 0 Å². The van der Waals surface area contributed by atoms with Gasteiger partial charge in [0, 0.05) is 25.2 Å². The number of rotatable bonds is 2. The van der Waals surface area contributed by atoms with Crippen molar-refractivity contribution in [2.75, 3.05) is 13.1 Å². The Morgan fingerprint density at radius 3 is 3.16 bits per heavy atom. The molecule has 2 atom stereocenters. The van der Waals surface area contributed by atoms with Gasteiger partial charge in [-0.3, -0.25) is 9.78 Å². The molecule has 0 spiro atoms. The van der Waals surface area contributed by atoms with E-state index in [4.69, 9.17) is 0 Å². The first-order valence-electron chi connectivity index (χ1n) is 6.83. The molecule has 0 saturated carbocycles. The first-order valence-corrected chi connectivity index (χ1v) is 6.83. The summed E-state index contributed by atoms with van der Waals surface area (Å²) >= 11 is 0. The molecule has 1 aromatic heterocycles. The monoisotopic (exact) mass is 263 g/mol. The van der Waals surface area contributed by atoms with Gasteiger partial charge in [0.1, 0.15) is 5.82 Å². The summed E-state index contributed by atoms with van der Waals surface area (Å²) in [5.41, 5.74) is 0.771. The summed E-state index contributed by atoms with van der Waals surface area (Å²) in [6, 6.07) is 1.76. The van der Waals surface area contributed by atoms with Gasteiger partial charge in [0.05, 0.1) is 6.20 Å². The van der Waals surface area contributed by atoms with Crippen LogP contribution < -0.4 is 5.32 Å².